The van der Waals surface area contributed by atoms with E-state index in [0.717, 1.165) is 30.5 Å². The molecule has 0 aliphatic heterocycles. The van der Waals surface area contributed by atoms with Gasteiger partial charge in [0.25, 0.3) is 5.91 Å². The Bertz CT molecular complexity index is 813. The number of rotatable bonds is 6. The molecule has 0 atom stereocenters. The Kier molecular flexibility index (Phi) is 6.12. The molecule has 0 fully saturated rings. The average molecular weight is 366 g/mol. The number of hydrogen-bond acceptors (Lipinski definition) is 4. The number of carbonyl (C=O) groups excluding carboxylic acids is 2. The molecule has 2 aromatic carbocycles. The highest BCUT2D eigenvalue weighted by atomic mass is 16.5. The second-order valence-electron chi connectivity index (χ2n) is 7.10. The molecule has 5 nitrogen and oxygen atoms in total. The third-order valence-electron chi connectivity index (χ3n) is 4.86. The van der Waals surface area contributed by atoms with Crippen LogP contribution in [0.15, 0.2) is 42.5 Å². The summed E-state index contributed by atoms with van der Waals surface area (Å²) in [4.78, 5) is 26.2. The first kappa shape index (κ1) is 19.0. The van der Waals surface area contributed by atoms with Crippen LogP contribution >= 0.6 is 0 Å². The maximum absolute atomic E-state index is 12.2. The molecule has 0 bridgehead atoms. The molecule has 5 heteroatoms. The predicted molar refractivity (Wildman–Crippen MR) is 106 cm³/mol. The van der Waals surface area contributed by atoms with Crippen molar-refractivity contribution < 1.29 is 14.3 Å². The zero-order valence-corrected chi connectivity index (χ0v) is 16.0. The van der Waals surface area contributed by atoms with E-state index >= 15 is 0 Å². The lowest BCUT2D eigenvalue weighted by Crippen LogP contribution is -2.28. The fraction of sp³-hybridized carbons (Fsp3) is 0.364. The van der Waals surface area contributed by atoms with Crippen molar-refractivity contribution in [1.82, 2.24) is 5.32 Å². The first-order valence-corrected chi connectivity index (χ1v) is 9.35. The summed E-state index contributed by atoms with van der Waals surface area (Å²) in [5.41, 5.74) is 5.15. The number of fused-ring (bicyclic) bond motifs is 1. The van der Waals surface area contributed by atoms with Gasteiger partial charge in [-0.3, -0.25) is 4.79 Å². The summed E-state index contributed by atoms with van der Waals surface area (Å²) >= 11 is 0. The SMILES string of the molecule is CN(C)c1ccc(CNC(=O)COC(=O)c2ccc3c(c2)CCCC3)cc1. The molecular weight excluding hydrogens is 340 g/mol. The summed E-state index contributed by atoms with van der Waals surface area (Å²) in [6, 6.07) is 13.6. The monoisotopic (exact) mass is 366 g/mol. The third-order valence-corrected chi connectivity index (χ3v) is 4.86. The van der Waals surface area contributed by atoms with Gasteiger partial charge in [0.05, 0.1) is 5.56 Å². The van der Waals surface area contributed by atoms with Crippen molar-refractivity contribution in [2.75, 3.05) is 25.6 Å². The lowest BCUT2D eigenvalue weighted by Gasteiger charge is -2.16. The Balaban J connectivity index is 1.46. The molecule has 3 rings (SSSR count). The number of hydrogen-bond donors (Lipinski definition) is 1. The van der Waals surface area contributed by atoms with Crippen LogP contribution in [0.1, 0.15) is 39.9 Å². The van der Waals surface area contributed by atoms with Gasteiger partial charge in [0.15, 0.2) is 6.61 Å². The topological polar surface area (TPSA) is 58.6 Å². The van der Waals surface area contributed by atoms with Crippen LogP contribution in [0.5, 0.6) is 0 Å². The molecule has 0 saturated heterocycles. The lowest BCUT2D eigenvalue weighted by molar-refractivity contribution is -0.124. The normalized spacial score (nSPS) is 12.8. The number of aryl methyl sites for hydroxylation is 2. The van der Waals surface area contributed by atoms with Gasteiger partial charge in [-0.25, -0.2) is 4.79 Å². The van der Waals surface area contributed by atoms with Gasteiger partial charge in [0, 0.05) is 26.3 Å². The minimum absolute atomic E-state index is 0.272. The van der Waals surface area contributed by atoms with E-state index in [1.807, 2.05) is 55.4 Å². The molecule has 0 unspecified atom stereocenters. The van der Waals surface area contributed by atoms with Crippen LogP contribution in [-0.4, -0.2) is 32.6 Å². The van der Waals surface area contributed by atoms with Gasteiger partial charge >= 0.3 is 5.97 Å². The Hall–Kier alpha value is -2.82. The van der Waals surface area contributed by atoms with Crippen molar-refractivity contribution in [1.29, 1.82) is 0 Å². The fourth-order valence-electron chi connectivity index (χ4n) is 3.24. The van der Waals surface area contributed by atoms with E-state index in [1.165, 1.54) is 17.5 Å². The van der Waals surface area contributed by atoms with Gasteiger partial charge in [-0.15, -0.1) is 0 Å². The molecule has 0 radical (unpaired) electrons. The number of benzene rings is 2. The first-order chi connectivity index (χ1) is 13.0. The largest absolute Gasteiger partial charge is 0.452 e. The molecule has 0 spiro atoms. The molecular formula is C22H26N2O3. The van der Waals surface area contributed by atoms with Crippen molar-refractivity contribution in [2.24, 2.45) is 0 Å². The summed E-state index contributed by atoms with van der Waals surface area (Å²) in [7, 11) is 3.96. The summed E-state index contributed by atoms with van der Waals surface area (Å²) in [5, 5.41) is 2.77. The standard InChI is InChI=1S/C22H26N2O3/c1-24(2)20-11-7-16(8-12-20)14-23-21(25)15-27-22(26)19-10-9-17-5-3-4-6-18(17)13-19/h7-13H,3-6,14-15H2,1-2H3,(H,23,25). The zero-order valence-electron chi connectivity index (χ0n) is 16.0. The molecule has 0 aromatic heterocycles. The van der Waals surface area contributed by atoms with Crippen molar-refractivity contribution in [3.63, 3.8) is 0 Å². The molecule has 0 heterocycles. The summed E-state index contributed by atoms with van der Waals surface area (Å²) in [5.74, 6) is -0.758. The molecule has 1 aliphatic rings. The first-order valence-electron chi connectivity index (χ1n) is 9.35. The van der Waals surface area contributed by atoms with Gasteiger partial charge in [0.1, 0.15) is 0 Å². The van der Waals surface area contributed by atoms with Crippen LogP contribution in [0.4, 0.5) is 5.69 Å². The number of anilines is 1. The maximum Gasteiger partial charge on any atom is 0.338 e. The number of carbonyl (C=O) groups is 2. The number of amides is 1. The molecule has 1 N–H and O–H groups in total. The lowest BCUT2D eigenvalue weighted by atomic mass is 9.90. The molecule has 2 aromatic rings. The summed E-state index contributed by atoms with van der Waals surface area (Å²) in [6.07, 6.45) is 4.43. The summed E-state index contributed by atoms with van der Waals surface area (Å²) < 4.78 is 5.16. The van der Waals surface area contributed by atoms with Crippen molar-refractivity contribution in [2.45, 2.75) is 32.2 Å². The molecule has 1 amide bonds. The van der Waals surface area contributed by atoms with Gasteiger partial charge in [-0.1, -0.05) is 18.2 Å². The van der Waals surface area contributed by atoms with Gasteiger partial charge < -0.3 is 15.0 Å². The highest BCUT2D eigenvalue weighted by molar-refractivity contribution is 5.91. The van der Waals surface area contributed by atoms with Gasteiger partial charge in [-0.2, -0.15) is 0 Å². The Morgan fingerprint density at radius 1 is 1.00 bits per heavy atom. The second-order valence-corrected chi connectivity index (χ2v) is 7.10. The van der Waals surface area contributed by atoms with Gasteiger partial charge in [0.2, 0.25) is 0 Å². The van der Waals surface area contributed by atoms with E-state index in [-0.39, 0.29) is 12.5 Å². The number of nitrogens with zero attached hydrogens (tertiary/aromatic N) is 1. The van der Waals surface area contributed by atoms with Crippen LogP contribution in [-0.2, 0) is 28.9 Å². The van der Waals surface area contributed by atoms with Crippen molar-refractivity contribution in [3.8, 4) is 0 Å². The van der Waals surface area contributed by atoms with Crippen LogP contribution < -0.4 is 10.2 Å². The van der Waals surface area contributed by atoms with E-state index < -0.39 is 5.97 Å². The third kappa shape index (κ3) is 5.09. The summed E-state index contributed by atoms with van der Waals surface area (Å²) in [6.45, 7) is 0.134. The average Bonchev–Trinajstić information content (AvgIpc) is 2.70. The van der Waals surface area contributed by atoms with E-state index in [1.54, 1.807) is 6.07 Å². The highest BCUT2D eigenvalue weighted by Crippen LogP contribution is 2.22. The van der Waals surface area contributed by atoms with E-state index in [9.17, 15) is 9.59 Å². The maximum atomic E-state index is 12.2. The zero-order chi connectivity index (χ0) is 19.2. The van der Waals surface area contributed by atoms with Crippen LogP contribution in [0, 0.1) is 0 Å². The highest BCUT2D eigenvalue weighted by Gasteiger charge is 2.14. The van der Waals surface area contributed by atoms with E-state index in [2.05, 4.69) is 5.32 Å². The predicted octanol–water partition coefficient (Wildman–Crippen LogP) is 3.10. The Morgan fingerprint density at radius 3 is 2.41 bits per heavy atom. The van der Waals surface area contributed by atoms with Crippen molar-refractivity contribution in [3.05, 3.63) is 64.7 Å². The second kappa shape index (κ2) is 8.71. The fourth-order valence-corrected chi connectivity index (χ4v) is 3.24. The quantitative estimate of drug-likeness (QED) is 0.798. The number of ether oxygens (including phenoxy) is 1. The Morgan fingerprint density at radius 2 is 1.70 bits per heavy atom. The van der Waals surface area contributed by atoms with Crippen LogP contribution in [0.3, 0.4) is 0 Å². The molecule has 1 aliphatic carbocycles. The molecule has 142 valence electrons. The van der Waals surface area contributed by atoms with E-state index in [4.69, 9.17) is 4.74 Å². The minimum Gasteiger partial charge on any atom is -0.452 e. The number of esters is 1. The minimum atomic E-state index is -0.450. The number of nitrogens with one attached hydrogen (secondary N) is 1. The molecule has 0 saturated carbocycles. The smallest absolute Gasteiger partial charge is 0.338 e. The molecule has 27 heavy (non-hydrogen) atoms. The van der Waals surface area contributed by atoms with Crippen molar-refractivity contribution >= 4 is 17.6 Å². The van der Waals surface area contributed by atoms with Gasteiger partial charge in [-0.05, 0) is 66.6 Å². The van der Waals surface area contributed by atoms with Crippen LogP contribution in [0.25, 0.3) is 0 Å². The van der Waals surface area contributed by atoms with E-state index in [0.29, 0.717) is 12.1 Å². The van der Waals surface area contributed by atoms with Crippen LogP contribution in [0.2, 0.25) is 0 Å². The Labute approximate surface area is 160 Å².